The molecular formula is C31H26IN7O3. The summed E-state index contributed by atoms with van der Waals surface area (Å²) in [6, 6.07) is 31.6. The minimum Gasteiger partial charge on any atom is -0.490 e. The first-order chi connectivity index (χ1) is 20.6. The molecule has 0 spiro atoms. The molecule has 11 heteroatoms. The molecule has 0 saturated heterocycles. The van der Waals surface area contributed by atoms with Crippen LogP contribution in [0.5, 0.6) is 11.5 Å². The van der Waals surface area contributed by atoms with Gasteiger partial charge in [-0.25, -0.2) is 10.2 Å². The van der Waals surface area contributed by atoms with E-state index in [2.05, 4.69) is 58.7 Å². The molecule has 3 N–H and O–H groups in total. The number of hydrogen-bond donors (Lipinski definition) is 3. The quantitative estimate of drug-likeness (QED) is 0.0447. The van der Waals surface area contributed by atoms with Crippen molar-refractivity contribution in [2.75, 3.05) is 22.7 Å². The van der Waals surface area contributed by atoms with Crippen molar-refractivity contribution in [3.8, 4) is 11.5 Å². The molecule has 0 fully saturated rings. The third kappa shape index (κ3) is 7.79. The van der Waals surface area contributed by atoms with Gasteiger partial charge in [0.2, 0.25) is 17.8 Å². The Hall–Kier alpha value is -5.04. The number of hydrazone groups is 1. The van der Waals surface area contributed by atoms with E-state index < -0.39 is 5.97 Å². The van der Waals surface area contributed by atoms with Gasteiger partial charge in [-0.15, -0.1) is 0 Å². The minimum absolute atomic E-state index is 0.228. The molecule has 0 aliphatic rings. The number of benzene rings is 4. The maximum Gasteiger partial charge on any atom is 0.344 e. The highest BCUT2D eigenvalue weighted by molar-refractivity contribution is 14.1. The van der Waals surface area contributed by atoms with E-state index in [1.807, 2.05) is 79.7 Å². The van der Waals surface area contributed by atoms with Gasteiger partial charge in [-0.3, -0.25) is 0 Å². The van der Waals surface area contributed by atoms with Crippen LogP contribution in [0.2, 0.25) is 0 Å². The highest BCUT2D eigenvalue weighted by Crippen LogP contribution is 2.29. The van der Waals surface area contributed by atoms with Crippen LogP contribution in [0, 0.1) is 3.57 Å². The lowest BCUT2D eigenvalue weighted by Gasteiger charge is -2.12. The molecule has 1 heterocycles. The third-order valence-corrected chi connectivity index (χ3v) is 6.58. The molecule has 0 radical (unpaired) electrons. The Morgan fingerprint density at radius 3 is 2.00 bits per heavy atom. The summed E-state index contributed by atoms with van der Waals surface area (Å²) in [7, 11) is 0. The van der Waals surface area contributed by atoms with Crippen LogP contribution in [0.1, 0.15) is 22.8 Å². The lowest BCUT2D eigenvalue weighted by molar-refractivity contribution is 0.0727. The fourth-order valence-corrected chi connectivity index (χ4v) is 4.35. The molecule has 5 rings (SSSR count). The van der Waals surface area contributed by atoms with Crippen LogP contribution in [-0.4, -0.2) is 33.7 Å². The van der Waals surface area contributed by atoms with Crippen molar-refractivity contribution in [1.82, 2.24) is 15.0 Å². The van der Waals surface area contributed by atoms with Gasteiger partial charge in [0.1, 0.15) is 0 Å². The van der Waals surface area contributed by atoms with E-state index in [1.54, 1.807) is 36.5 Å². The van der Waals surface area contributed by atoms with Crippen molar-refractivity contribution in [2.24, 2.45) is 5.10 Å². The van der Waals surface area contributed by atoms with E-state index in [0.717, 1.165) is 14.9 Å². The second-order valence-corrected chi connectivity index (χ2v) is 9.83. The summed E-state index contributed by atoms with van der Waals surface area (Å²) < 4.78 is 12.2. The number of aromatic nitrogens is 3. The SMILES string of the molecule is CCOc1cc(/C=N\Nc2nc(Nc3ccccc3)nc(Nc3ccccc3)n2)ccc1OC(=O)c1ccccc1I. The van der Waals surface area contributed by atoms with Crippen LogP contribution >= 0.6 is 22.6 Å². The molecule has 0 unspecified atom stereocenters. The van der Waals surface area contributed by atoms with E-state index in [4.69, 9.17) is 9.47 Å². The molecular weight excluding hydrogens is 645 g/mol. The molecule has 0 saturated carbocycles. The average molecular weight is 671 g/mol. The Balaban J connectivity index is 1.33. The summed E-state index contributed by atoms with van der Waals surface area (Å²) in [6.45, 7) is 2.25. The number of anilines is 5. The Morgan fingerprint density at radius 2 is 1.38 bits per heavy atom. The van der Waals surface area contributed by atoms with Gasteiger partial charge in [0.15, 0.2) is 11.5 Å². The van der Waals surface area contributed by atoms with Gasteiger partial charge in [0, 0.05) is 14.9 Å². The molecule has 210 valence electrons. The molecule has 4 aromatic carbocycles. The summed E-state index contributed by atoms with van der Waals surface area (Å²) in [6.07, 6.45) is 1.59. The van der Waals surface area contributed by atoms with Crippen LogP contribution < -0.4 is 25.5 Å². The second-order valence-electron chi connectivity index (χ2n) is 8.67. The third-order valence-electron chi connectivity index (χ3n) is 5.64. The predicted octanol–water partition coefficient (Wildman–Crippen LogP) is 7.03. The van der Waals surface area contributed by atoms with Gasteiger partial charge in [0.05, 0.1) is 18.4 Å². The zero-order valence-electron chi connectivity index (χ0n) is 22.5. The summed E-state index contributed by atoms with van der Waals surface area (Å²) in [5.74, 6) is 1.18. The van der Waals surface area contributed by atoms with Gasteiger partial charge in [-0.05, 0) is 89.7 Å². The van der Waals surface area contributed by atoms with Crippen molar-refractivity contribution in [2.45, 2.75) is 6.92 Å². The number of nitrogens with one attached hydrogen (secondary N) is 3. The Morgan fingerprint density at radius 1 is 0.786 bits per heavy atom. The monoisotopic (exact) mass is 671 g/mol. The number of carbonyl (C=O) groups is 1. The van der Waals surface area contributed by atoms with Crippen molar-refractivity contribution in [3.05, 3.63) is 118 Å². The van der Waals surface area contributed by atoms with Gasteiger partial charge < -0.3 is 20.1 Å². The lowest BCUT2D eigenvalue weighted by atomic mass is 10.2. The first-order valence-corrected chi connectivity index (χ1v) is 14.1. The molecule has 0 atom stereocenters. The standard InChI is InChI=1S/C31H26IN7O3/c1-2-41-27-19-21(17-18-26(27)42-28(40)24-15-9-10-16-25(24)32)20-33-39-31-37-29(34-22-11-5-3-6-12-22)36-30(38-31)35-23-13-7-4-8-14-23/h3-20H,2H2,1H3,(H3,34,35,36,37,38,39)/b33-20-. The fraction of sp³-hybridized carbons (Fsp3) is 0.0645. The second kappa shape index (κ2) is 14.0. The Labute approximate surface area is 256 Å². The molecule has 10 nitrogen and oxygen atoms in total. The molecule has 0 aliphatic carbocycles. The molecule has 0 amide bonds. The van der Waals surface area contributed by atoms with Gasteiger partial charge in [-0.2, -0.15) is 20.1 Å². The van der Waals surface area contributed by atoms with E-state index in [9.17, 15) is 4.79 Å². The normalized spacial score (nSPS) is 10.7. The largest absolute Gasteiger partial charge is 0.490 e. The number of ether oxygens (including phenoxy) is 2. The number of para-hydroxylation sites is 2. The minimum atomic E-state index is -0.460. The van der Waals surface area contributed by atoms with E-state index in [0.29, 0.717) is 41.1 Å². The Kier molecular flexibility index (Phi) is 9.52. The maximum atomic E-state index is 12.7. The first kappa shape index (κ1) is 28.5. The van der Waals surface area contributed by atoms with Crippen LogP contribution in [0.15, 0.2) is 108 Å². The fourth-order valence-electron chi connectivity index (χ4n) is 3.74. The predicted molar refractivity (Wildman–Crippen MR) is 172 cm³/mol. The summed E-state index contributed by atoms with van der Waals surface area (Å²) in [4.78, 5) is 26.1. The summed E-state index contributed by atoms with van der Waals surface area (Å²) in [5.41, 5.74) is 5.72. The zero-order chi connectivity index (χ0) is 29.1. The van der Waals surface area contributed by atoms with Gasteiger partial charge in [-0.1, -0.05) is 48.5 Å². The van der Waals surface area contributed by atoms with Gasteiger partial charge in [0.25, 0.3) is 0 Å². The van der Waals surface area contributed by atoms with E-state index in [1.165, 1.54) is 0 Å². The number of esters is 1. The highest BCUT2D eigenvalue weighted by Gasteiger charge is 2.15. The lowest BCUT2D eigenvalue weighted by Crippen LogP contribution is -2.11. The number of carbonyl (C=O) groups excluding carboxylic acids is 1. The number of nitrogens with zero attached hydrogens (tertiary/aromatic N) is 4. The maximum absolute atomic E-state index is 12.7. The highest BCUT2D eigenvalue weighted by atomic mass is 127. The number of hydrogen-bond acceptors (Lipinski definition) is 10. The summed E-state index contributed by atoms with van der Waals surface area (Å²) in [5, 5.41) is 10.7. The number of halogens is 1. The summed E-state index contributed by atoms with van der Waals surface area (Å²) >= 11 is 2.10. The average Bonchev–Trinajstić information content (AvgIpc) is 3.00. The van der Waals surface area contributed by atoms with Crippen LogP contribution in [0.4, 0.5) is 29.2 Å². The topological polar surface area (TPSA) is 123 Å². The molecule has 5 aromatic rings. The molecule has 1 aromatic heterocycles. The van der Waals surface area contributed by atoms with Crippen molar-refractivity contribution in [1.29, 1.82) is 0 Å². The van der Waals surface area contributed by atoms with E-state index in [-0.39, 0.29) is 5.95 Å². The van der Waals surface area contributed by atoms with Crippen LogP contribution in [0.3, 0.4) is 0 Å². The zero-order valence-corrected chi connectivity index (χ0v) is 24.6. The van der Waals surface area contributed by atoms with Crippen LogP contribution in [-0.2, 0) is 0 Å². The molecule has 0 bridgehead atoms. The van der Waals surface area contributed by atoms with Gasteiger partial charge >= 0.3 is 5.97 Å². The molecule has 0 aliphatic heterocycles. The molecule has 42 heavy (non-hydrogen) atoms. The van der Waals surface area contributed by atoms with Crippen LogP contribution in [0.25, 0.3) is 0 Å². The Bertz CT molecular complexity index is 1630. The van der Waals surface area contributed by atoms with Crippen molar-refractivity contribution >= 4 is 64.0 Å². The smallest absolute Gasteiger partial charge is 0.344 e. The van der Waals surface area contributed by atoms with E-state index >= 15 is 0 Å². The van der Waals surface area contributed by atoms with Crippen molar-refractivity contribution < 1.29 is 14.3 Å². The first-order valence-electron chi connectivity index (χ1n) is 13.0. The number of rotatable bonds is 11. The van der Waals surface area contributed by atoms with Crippen molar-refractivity contribution in [3.63, 3.8) is 0 Å².